The second-order valence-electron chi connectivity index (χ2n) is 5.67. The minimum absolute atomic E-state index is 0.914. The van der Waals surface area contributed by atoms with Crippen LogP contribution in [-0.2, 0) is 0 Å². The van der Waals surface area contributed by atoms with Crippen LogP contribution in [-0.4, -0.2) is 11.5 Å². The van der Waals surface area contributed by atoms with E-state index in [4.69, 9.17) is 0 Å². The van der Waals surface area contributed by atoms with Gasteiger partial charge in [-0.15, -0.1) is 0 Å². The highest BCUT2D eigenvalue weighted by molar-refractivity contribution is 9.10. The molecule has 1 fully saturated rings. The van der Waals surface area contributed by atoms with Crippen LogP contribution in [0.25, 0.3) is 0 Å². The molecule has 0 saturated heterocycles. The zero-order valence-corrected chi connectivity index (χ0v) is 13.0. The molecule has 100 valence electrons. The molecule has 3 heteroatoms. The highest BCUT2D eigenvalue weighted by Crippen LogP contribution is 2.30. The molecule has 18 heavy (non-hydrogen) atoms. The first-order valence-corrected chi connectivity index (χ1v) is 7.80. The van der Waals surface area contributed by atoms with Crippen molar-refractivity contribution in [1.82, 2.24) is 4.98 Å². The third-order valence-corrected chi connectivity index (χ3v) is 4.37. The van der Waals surface area contributed by atoms with E-state index in [9.17, 15) is 0 Å². The molecule has 1 aromatic rings. The molecule has 2 nitrogen and oxygen atoms in total. The number of hydrogen-bond acceptors (Lipinski definition) is 2. The molecule has 1 saturated carbocycles. The summed E-state index contributed by atoms with van der Waals surface area (Å²) in [6, 6.07) is 2.11. The lowest BCUT2D eigenvalue weighted by atomic mass is 9.81. The average molecular weight is 311 g/mol. The fourth-order valence-electron chi connectivity index (χ4n) is 2.94. The van der Waals surface area contributed by atoms with Crippen LogP contribution in [0.3, 0.4) is 0 Å². The molecule has 0 bridgehead atoms. The molecular formula is C15H23BrN2. The molecule has 2 unspecified atom stereocenters. The van der Waals surface area contributed by atoms with Crippen LogP contribution < -0.4 is 5.32 Å². The fourth-order valence-corrected chi connectivity index (χ4v) is 3.39. The van der Waals surface area contributed by atoms with Gasteiger partial charge in [-0.25, -0.2) is 4.98 Å². The number of nitrogens with zero attached hydrogens (tertiary/aromatic N) is 1. The van der Waals surface area contributed by atoms with Crippen LogP contribution in [0.5, 0.6) is 0 Å². The van der Waals surface area contributed by atoms with Crippen LogP contribution in [0, 0.1) is 18.8 Å². The Morgan fingerprint density at radius 2 is 2.28 bits per heavy atom. The summed E-state index contributed by atoms with van der Waals surface area (Å²) in [6.45, 7) is 5.54. The Balaban J connectivity index is 1.77. The van der Waals surface area contributed by atoms with Crippen molar-refractivity contribution in [2.24, 2.45) is 11.8 Å². The van der Waals surface area contributed by atoms with E-state index in [1.165, 1.54) is 37.7 Å². The van der Waals surface area contributed by atoms with Gasteiger partial charge in [0.05, 0.1) is 0 Å². The van der Waals surface area contributed by atoms with Gasteiger partial charge in [0.1, 0.15) is 5.82 Å². The molecular weight excluding hydrogens is 288 g/mol. The highest BCUT2D eigenvalue weighted by Gasteiger charge is 2.18. The molecule has 1 aromatic heterocycles. The van der Waals surface area contributed by atoms with E-state index in [0.717, 1.165) is 28.7 Å². The first-order chi connectivity index (χ1) is 8.65. The van der Waals surface area contributed by atoms with E-state index in [2.05, 4.69) is 46.1 Å². The van der Waals surface area contributed by atoms with Crippen molar-refractivity contribution in [1.29, 1.82) is 0 Å². The summed E-state index contributed by atoms with van der Waals surface area (Å²) in [7, 11) is 0. The van der Waals surface area contributed by atoms with E-state index < -0.39 is 0 Å². The molecule has 0 amide bonds. The summed E-state index contributed by atoms with van der Waals surface area (Å²) in [5.74, 6) is 2.87. The van der Waals surface area contributed by atoms with E-state index in [-0.39, 0.29) is 0 Å². The van der Waals surface area contributed by atoms with E-state index in [1.54, 1.807) is 0 Å². The topological polar surface area (TPSA) is 24.9 Å². The lowest BCUT2D eigenvalue weighted by Gasteiger charge is -2.26. The number of rotatable bonds is 4. The smallest absolute Gasteiger partial charge is 0.128 e. The van der Waals surface area contributed by atoms with Gasteiger partial charge in [0.15, 0.2) is 0 Å². The summed E-state index contributed by atoms with van der Waals surface area (Å²) in [6.07, 6.45) is 8.81. The van der Waals surface area contributed by atoms with Crippen molar-refractivity contribution in [3.8, 4) is 0 Å². The van der Waals surface area contributed by atoms with Crippen molar-refractivity contribution in [2.45, 2.75) is 46.0 Å². The largest absolute Gasteiger partial charge is 0.370 e. The Labute approximate surface area is 119 Å². The van der Waals surface area contributed by atoms with Gasteiger partial charge in [-0.1, -0.05) is 26.2 Å². The van der Waals surface area contributed by atoms with Crippen molar-refractivity contribution in [2.75, 3.05) is 11.9 Å². The summed E-state index contributed by atoms with van der Waals surface area (Å²) < 4.78 is 1.05. The van der Waals surface area contributed by atoms with Crippen LogP contribution in [0.4, 0.5) is 5.82 Å². The standard InChI is InChI=1S/C15H23BrN2/c1-11-4-3-5-13(8-11)6-7-17-15-12(2)9-14(16)10-18-15/h9-11,13H,3-8H2,1-2H3,(H,17,18). The SMILES string of the molecule is Cc1cc(Br)cnc1NCCC1CCCC(C)C1. The van der Waals surface area contributed by atoms with Gasteiger partial charge in [0.2, 0.25) is 0 Å². The third-order valence-electron chi connectivity index (χ3n) is 3.93. The second kappa shape index (κ2) is 6.55. The molecule has 0 aromatic carbocycles. The molecule has 0 radical (unpaired) electrons. The molecule has 1 aliphatic rings. The molecule has 2 rings (SSSR count). The first kappa shape index (κ1) is 13.9. The minimum Gasteiger partial charge on any atom is -0.370 e. The summed E-state index contributed by atoms with van der Waals surface area (Å²) in [5.41, 5.74) is 1.21. The van der Waals surface area contributed by atoms with Crippen molar-refractivity contribution >= 4 is 21.7 Å². The van der Waals surface area contributed by atoms with Crippen LogP contribution in [0.2, 0.25) is 0 Å². The van der Waals surface area contributed by atoms with Gasteiger partial charge in [-0.3, -0.25) is 0 Å². The van der Waals surface area contributed by atoms with E-state index in [0.29, 0.717) is 0 Å². The number of halogens is 1. The Morgan fingerprint density at radius 3 is 3.00 bits per heavy atom. The van der Waals surface area contributed by atoms with Gasteiger partial charge in [-0.2, -0.15) is 0 Å². The van der Waals surface area contributed by atoms with Gasteiger partial charge in [-0.05, 0) is 59.2 Å². The predicted molar refractivity (Wildman–Crippen MR) is 80.9 cm³/mol. The molecule has 1 heterocycles. The Kier molecular flexibility index (Phi) is 5.04. The van der Waals surface area contributed by atoms with Gasteiger partial charge >= 0.3 is 0 Å². The number of hydrogen-bond donors (Lipinski definition) is 1. The maximum absolute atomic E-state index is 4.42. The Bertz CT molecular complexity index is 392. The van der Waals surface area contributed by atoms with Crippen molar-refractivity contribution in [3.63, 3.8) is 0 Å². The van der Waals surface area contributed by atoms with Crippen LogP contribution in [0.15, 0.2) is 16.7 Å². The number of anilines is 1. The third kappa shape index (κ3) is 3.98. The predicted octanol–water partition coefficient (Wildman–Crippen LogP) is 4.78. The minimum atomic E-state index is 0.914. The van der Waals surface area contributed by atoms with Gasteiger partial charge in [0, 0.05) is 17.2 Å². The fraction of sp³-hybridized carbons (Fsp3) is 0.667. The summed E-state index contributed by atoms with van der Waals surface area (Å²) >= 11 is 3.44. The van der Waals surface area contributed by atoms with E-state index >= 15 is 0 Å². The quantitative estimate of drug-likeness (QED) is 0.865. The Morgan fingerprint density at radius 1 is 1.44 bits per heavy atom. The average Bonchev–Trinajstić information content (AvgIpc) is 2.32. The number of aryl methyl sites for hydroxylation is 1. The number of pyridine rings is 1. The zero-order valence-electron chi connectivity index (χ0n) is 11.4. The number of nitrogens with one attached hydrogen (secondary N) is 1. The molecule has 0 aliphatic heterocycles. The molecule has 1 N–H and O–H groups in total. The maximum Gasteiger partial charge on any atom is 0.128 e. The molecule has 0 spiro atoms. The first-order valence-electron chi connectivity index (χ1n) is 7.01. The van der Waals surface area contributed by atoms with Crippen molar-refractivity contribution in [3.05, 3.63) is 22.3 Å². The molecule has 1 aliphatic carbocycles. The monoisotopic (exact) mass is 310 g/mol. The normalized spacial score (nSPS) is 23.9. The summed E-state index contributed by atoms with van der Waals surface area (Å²) in [5, 5.41) is 3.47. The van der Waals surface area contributed by atoms with Crippen molar-refractivity contribution < 1.29 is 0 Å². The number of aromatic nitrogens is 1. The highest BCUT2D eigenvalue weighted by atomic mass is 79.9. The van der Waals surface area contributed by atoms with Crippen LogP contribution >= 0.6 is 15.9 Å². The summed E-state index contributed by atoms with van der Waals surface area (Å²) in [4.78, 5) is 4.42. The zero-order chi connectivity index (χ0) is 13.0. The van der Waals surface area contributed by atoms with Gasteiger partial charge in [0.25, 0.3) is 0 Å². The lowest BCUT2D eigenvalue weighted by molar-refractivity contribution is 0.274. The molecule has 2 atom stereocenters. The van der Waals surface area contributed by atoms with Gasteiger partial charge < -0.3 is 5.32 Å². The Hall–Kier alpha value is -0.570. The lowest BCUT2D eigenvalue weighted by Crippen LogP contribution is -2.17. The van der Waals surface area contributed by atoms with Crippen LogP contribution in [0.1, 0.15) is 44.6 Å². The van der Waals surface area contributed by atoms with E-state index in [1.807, 2.05) is 6.20 Å². The second-order valence-corrected chi connectivity index (χ2v) is 6.59. The maximum atomic E-state index is 4.42.